The van der Waals surface area contributed by atoms with E-state index in [0.29, 0.717) is 13.2 Å². The molecule has 0 saturated heterocycles. The molecule has 0 heterocycles. The van der Waals surface area contributed by atoms with Crippen molar-refractivity contribution >= 4 is 28.6 Å². The lowest BCUT2D eigenvalue weighted by molar-refractivity contribution is -0.138. The van der Waals surface area contributed by atoms with Gasteiger partial charge < -0.3 is 18.3 Å². The van der Waals surface area contributed by atoms with Crippen molar-refractivity contribution in [3.05, 3.63) is 24.3 Å². The first-order valence-corrected chi connectivity index (χ1v) is 17.2. The molecule has 0 radical (unpaired) electrons. The predicted octanol–water partition coefficient (Wildman–Crippen LogP) is 6.01. The maximum Gasteiger partial charge on any atom is 0.330 e. The summed E-state index contributed by atoms with van der Waals surface area (Å²) in [5, 5.41) is -0.0925. The van der Waals surface area contributed by atoms with Gasteiger partial charge in [0.15, 0.2) is 16.6 Å². The van der Waals surface area contributed by atoms with Crippen LogP contribution in [0.1, 0.15) is 55.4 Å². The molecule has 0 aliphatic rings. The van der Waals surface area contributed by atoms with Crippen LogP contribution in [0.3, 0.4) is 0 Å². The Labute approximate surface area is 198 Å². The molecule has 0 aliphatic carbocycles. The van der Waals surface area contributed by atoms with Gasteiger partial charge in [-0.1, -0.05) is 41.5 Å². The molecule has 0 spiro atoms. The van der Waals surface area contributed by atoms with Gasteiger partial charge in [0.25, 0.3) is 0 Å². The largest absolute Gasteiger partial charge is 0.463 e. The molecule has 186 valence electrons. The van der Waals surface area contributed by atoms with E-state index < -0.39 is 40.8 Å². The Morgan fingerprint density at radius 1 is 0.688 bits per heavy atom. The van der Waals surface area contributed by atoms with Crippen LogP contribution in [0, 0.1) is 0 Å². The van der Waals surface area contributed by atoms with Crippen molar-refractivity contribution in [1.29, 1.82) is 0 Å². The molecule has 0 aromatic rings. The SMILES string of the molecule is CCOC(=O)/C=C\[C@H](O[Si](C)(C)C(C)(C)C)[C@H](/C=C\C(=O)OCC)O[Si](C)(C)C(C)(C)C. The third-order valence-corrected chi connectivity index (χ3v) is 15.2. The van der Waals surface area contributed by atoms with Gasteiger partial charge in [-0.25, -0.2) is 9.59 Å². The summed E-state index contributed by atoms with van der Waals surface area (Å²) in [7, 11) is -4.46. The molecule has 0 unspecified atom stereocenters. The van der Waals surface area contributed by atoms with Crippen LogP contribution in [0.4, 0.5) is 0 Å². The Morgan fingerprint density at radius 3 is 1.19 bits per heavy atom. The fourth-order valence-corrected chi connectivity index (χ4v) is 4.69. The van der Waals surface area contributed by atoms with Crippen LogP contribution in [0.25, 0.3) is 0 Å². The topological polar surface area (TPSA) is 71.1 Å². The zero-order valence-corrected chi connectivity index (χ0v) is 24.3. The quantitative estimate of drug-likeness (QED) is 0.202. The Hall–Kier alpha value is -1.23. The fourth-order valence-electron chi connectivity index (χ4n) is 2.19. The monoisotopic (exact) mass is 486 g/mol. The molecule has 0 aromatic heterocycles. The van der Waals surface area contributed by atoms with Gasteiger partial charge in [0.1, 0.15) is 0 Å². The van der Waals surface area contributed by atoms with E-state index in [9.17, 15) is 9.59 Å². The molecule has 0 aliphatic heterocycles. The zero-order valence-electron chi connectivity index (χ0n) is 22.3. The summed E-state index contributed by atoms with van der Waals surface area (Å²) in [5.74, 6) is -0.867. The summed E-state index contributed by atoms with van der Waals surface area (Å²) in [5.41, 5.74) is 0. The van der Waals surface area contributed by atoms with Crippen LogP contribution < -0.4 is 0 Å². The van der Waals surface area contributed by atoms with Crippen molar-refractivity contribution in [2.45, 2.75) is 104 Å². The molecule has 0 saturated carbocycles. The van der Waals surface area contributed by atoms with E-state index >= 15 is 0 Å². The first kappa shape index (κ1) is 30.8. The number of hydrogen-bond acceptors (Lipinski definition) is 6. The molecule has 0 N–H and O–H groups in total. The van der Waals surface area contributed by atoms with Crippen molar-refractivity contribution in [1.82, 2.24) is 0 Å². The molecule has 0 fully saturated rings. The Kier molecular flexibility index (Phi) is 11.8. The third kappa shape index (κ3) is 10.1. The molecule has 0 aromatic carbocycles. The molecule has 0 rings (SSSR count). The highest BCUT2D eigenvalue weighted by molar-refractivity contribution is 6.74. The highest BCUT2D eigenvalue weighted by Gasteiger charge is 2.43. The van der Waals surface area contributed by atoms with Crippen molar-refractivity contribution in [3.8, 4) is 0 Å². The van der Waals surface area contributed by atoms with E-state index in [1.807, 2.05) is 0 Å². The second-order valence-corrected chi connectivity index (χ2v) is 20.4. The fraction of sp³-hybridized carbons (Fsp3) is 0.750. The standard InChI is InChI=1S/C24H46O6Si2/c1-13-27-21(25)17-15-19(29-31(9,10)23(3,4)5)20(16-18-22(26)28-14-2)30-32(11,12)24(6,7)8/h15-20H,13-14H2,1-12H3/b17-15-,18-16-/t19-,20-/m0/s1. The van der Waals surface area contributed by atoms with Crippen LogP contribution in [-0.2, 0) is 27.9 Å². The molecule has 2 atom stereocenters. The first-order valence-electron chi connectivity index (χ1n) is 11.4. The van der Waals surface area contributed by atoms with Crippen LogP contribution in [0.15, 0.2) is 24.3 Å². The van der Waals surface area contributed by atoms with E-state index in [4.69, 9.17) is 18.3 Å². The highest BCUT2D eigenvalue weighted by atomic mass is 28.4. The molecular weight excluding hydrogens is 440 g/mol. The Morgan fingerprint density at radius 2 is 0.969 bits per heavy atom. The maximum atomic E-state index is 12.1. The Bertz CT molecular complexity index is 611. The number of hydrogen-bond donors (Lipinski definition) is 0. The van der Waals surface area contributed by atoms with Crippen molar-refractivity contribution in [3.63, 3.8) is 0 Å². The van der Waals surface area contributed by atoms with Gasteiger partial charge in [0, 0.05) is 12.2 Å². The summed E-state index contributed by atoms with van der Waals surface area (Å²) < 4.78 is 23.5. The smallest absolute Gasteiger partial charge is 0.330 e. The average Bonchev–Trinajstić information content (AvgIpc) is 2.60. The molecule has 0 bridgehead atoms. The predicted molar refractivity (Wildman–Crippen MR) is 136 cm³/mol. The van der Waals surface area contributed by atoms with Crippen LogP contribution >= 0.6 is 0 Å². The number of rotatable bonds is 11. The van der Waals surface area contributed by atoms with E-state index in [1.54, 1.807) is 26.0 Å². The second-order valence-electron chi connectivity index (χ2n) is 10.9. The normalized spacial score (nSPS) is 15.8. The summed E-state index contributed by atoms with van der Waals surface area (Å²) in [6, 6.07) is 0. The summed E-state index contributed by atoms with van der Waals surface area (Å²) in [6.45, 7) is 25.7. The lowest BCUT2D eigenvalue weighted by Gasteiger charge is -2.43. The minimum atomic E-state index is -2.23. The minimum absolute atomic E-state index is 0.0462. The molecule has 32 heavy (non-hydrogen) atoms. The number of ether oxygens (including phenoxy) is 2. The van der Waals surface area contributed by atoms with Gasteiger partial charge in [-0.2, -0.15) is 0 Å². The van der Waals surface area contributed by atoms with Gasteiger partial charge in [-0.05, 0) is 62.3 Å². The van der Waals surface area contributed by atoms with Crippen molar-refractivity contribution in [2.24, 2.45) is 0 Å². The average molecular weight is 487 g/mol. The molecule has 6 nitrogen and oxygen atoms in total. The maximum absolute atomic E-state index is 12.1. The number of esters is 2. The highest BCUT2D eigenvalue weighted by Crippen LogP contribution is 2.40. The van der Waals surface area contributed by atoms with Crippen LogP contribution in [0.5, 0.6) is 0 Å². The number of carbonyl (C=O) groups is 2. The first-order chi connectivity index (χ1) is 14.4. The molecule has 8 heteroatoms. The zero-order chi connectivity index (χ0) is 25.4. The van der Waals surface area contributed by atoms with E-state index in [2.05, 4.69) is 67.7 Å². The summed E-state index contributed by atoms with van der Waals surface area (Å²) in [6.07, 6.45) is 5.07. The van der Waals surface area contributed by atoms with Crippen LogP contribution in [-0.4, -0.2) is 54.0 Å². The lowest BCUT2D eigenvalue weighted by atomic mass is 10.2. The third-order valence-electron chi connectivity index (χ3n) is 6.21. The second kappa shape index (κ2) is 12.3. The minimum Gasteiger partial charge on any atom is -0.463 e. The Balaban J connectivity index is 6.32. The van der Waals surface area contributed by atoms with E-state index in [0.717, 1.165) is 0 Å². The van der Waals surface area contributed by atoms with Gasteiger partial charge >= 0.3 is 11.9 Å². The van der Waals surface area contributed by atoms with Gasteiger partial charge in [0.05, 0.1) is 25.4 Å². The van der Waals surface area contributed by atoms with Crippen LogP contribution in [0.2, 0.25) is 36.3 Å². The number of carbonyl (C=O) groups excluding carboxylic acids is 2. The molecule has 0 amide bonds. The van der Waals surface area contributed by atoms with E-state index in [-0.39, 0.29) is 10.1 Å². The van der Waals surface area contributed by atoms with Crippen molar-refractivity contribution in [2.75, 3.05) is 13.2 Å². The van der Waals surface area contributed by atoms with Gasteiger partial charge in [0.2, 0.25) is 0 Å². The van der Waals surface area contributed by atoms with Gasteiger partial charge in [-0.15, -0.1) is 0 Å². The van der Waals surface area contributed by atoms with Gasteiger partial charge in [-0.3, -0.25) is 0 Å². The summed E-state index contributed by atoms with van der Waals surface area (Å²) >= 11 is 0. The van der Waals surface area contributed by atoms with Crippen molar-refractivity contribution < 1.29 is 27.9 Å². The van der Waals surface area contributed by atoms with E-state index in [1.165, 1.54) is 12.2 Å². The molecular formula is C24H46O6Si2. The lowest BCUT2D eigenvalue weighted by Crippen LogP contribution is -2.51. The summed E-state index contributed by atoms with van der Waals surface area (Å²) in [4.78, 5) is 24.1.